The number of hydrogen-bond donors (Lipinski definition) is 0. The van der Waals surface area contributed by atoms with Gasteiger partial charge in [0.2, 0.25) is 0 Å². The molecular weight excluding hydrogens is 280 g/mol. The van der Waals surface area contributed by atoms with E-state index in [0.717, 1.165) is 12.2 Å². The Hall–Kier alpha value is -1.84. The zero-order valence-corrected chi connectivity index (χ0v) is 13.6. The molecule has 0 radical (unpaired) electrons. The first-order valence-electron chi connectivity index (χ1n) is 8.03. The van der Waals surface area contributed by atoms with Gasteiger partial charge in [0, 0.05) is 6.42 Å². The topological polar surface area (TPSA) is 52.6 Å². The Bertz CT molecular complexity index is 451. The van der Waals surface area contributed by atoms with Crippen LogP contribution in [0.2, 0.25) is 0 Å². The van der Waals surface area contributed by atoms with Crippen molar-refractivity contribution >= 4 is 11.8 Å². The third-order valence-electron chi connectivity index (χ3n) is 3.26. The van der Waals surface area contributed by atoms with E-state index in [2.05, 4.69) is 6.92 Å². The molecule has 0 saturated heterocycles. The molecule has 4 nitrogen and oxygen atoms in total. The number of ketones is 1. The van der Waals surface area contributed by atoms with E-state index in [0.29, 0.717) is 25.0 Å². The van der Waals surface area contributed by atoms with Crippen LogP contribution in [0.3, 0.4) is 0 Å². The lowest BCUT2D eigenvalue weighted by atomic mass is 10.2. The number of carbonyl (C=O) groups excluding carboxylic acids is 2. The first-order valence-corrected chi connectivity index (χ1v) is 8.03. The molecule has 0 aliphatic heterocycles. The highest BCUT2D eigenvalue weighted by atomic mass is 16.5. The molecule has 1 aromatic rings. The summed E-state index contributed by atoms with van der Waals surface area (Å²) >= 11 is 0. The Labute approximate surface area is 132 Å². The van der Waals surface area contributed by atoms with Crippen molar-refractivity contribution in [3.8, 4) is 5.75 Å². The fraction of sp³-hybridized carbons (Fsp3) is 0.556. The Morgan fingerprint density at radius 3 is 2.32 bits per heavy atom. The first kappa shape index (κ1) is 18.2. The number of ether oxygens (including phenoxy) is 2. The van der Waals surface area contributed by atoms with Gasteiger partial charge in [-0.1, -0.05) is 26.2 Å². The van der Waals surface area contributed by atoms with Crippen LogP contribution in [0.15, 0.2) is 24.3 Å². The van der Waals surface area contributed by atoms with Crippen molar-refractivity contribution < 1.29 is 19.1 Å². The molecule has 0 atom stereocenters. The fourth-order valence-electron chi connectivity index (χ4n) is 1.98. The minimum absolute atomic E-state index is 0.108. The molecule has 0 fully saturated rings. The molecule has 0 bridgehead atoms. The summed E-state index contributed by atoms with van der Waals surface area (Å²) in [5.74, 6) is 0.513. The molecule has 0 aliphatic carbocycles. The molecule has 122 valence electrons. The van der Waals surface area contributed by atoms with E-state index in [1.165, 1.54) is 26.2 Å². The third-order valence-corrected chi connectivity index (χ3v) is 3.26. The molecule has 0 aliphatic rings. The van der Waals surface area contributed by atoms with E-state index in [1.807, 2.05) is 0 Å². The Morgan fingerprint density at radius 2 is 1.68 bits per heavy atom. The number of hydrogen-bond acceptors (Lipinski definition) is 4. The summed E-state index contributed by atoms with van der Waals surface area (Å²) in [6, 6.07) is 6.97. The molecule has 1 rings (SSSR count). The zero-order chi connectivity index (χ0) is 16.2. The van der Waals surface area contributed by atoms with E-state index < -0.39 is 0 Å². The van der Waals surface area contributed by atoms with E-state index >= 15 is 0 Å². The van der Waals surface area contributed by atoms with Gasteiger partial charge in [0.15, 0.2) is 0 Å². The monoisotopic (exact) mass is 306 g/mol. The first-order chi connectivity index (χ1) is 10.6. The molecule has 0 spiro atoms. The molecule has 0 saturated carbocycles. The average molecular weight is 306 g/mol. The summed E-state index contributed by atoms with van der Waals surface area (Å²) < 4.78 is 10.7. The van der Waals surface area contributed by atoms with Crippen LogP contribution in [0.1, 0.15) is 62.7 Å². The van der Waals surface area contributed by atoms with Crippen molar-refractivity contribution in [3.63, 3.8) is 0 Å². The van der Waals surface area contributed by atoms with Crippen molar-refractivity contribution in [1.29, 1.82) is 0 Å². The maximum Gasteiger partial charge on any atom is 0.338 e. The Morgan fingerprint density at radius 1 is 0.955 bits per heavy atom. The van der Waals surface area contributed by atoms with Crippen molar-refractivity contribution in [2.24, 2.45) is 0 Å². The molecule has 0 heterocycles. The molecule has 22 heavy (non-hydrogen) atoms. The van der Waals surface area contributed by atoms with Gasteiger partial charge in [0.1, 0.15) is 11.5 Å². The minimum Gasteiger partial charge on any atom is -0.494 e. The van der Waals surface area contributed by atoms with Gasteiger partial charge >= 0.3 is 5.97 Å². The van der Waals surface area contributed by atoms with Gasteiger partial charge < -0.3 is 14.3 Å². The minimum atomic E-state index is -0.363. The predicted molar refractivity (Wildman–Crippen MR) is 86.3 cm³/mol. The predicted octanol–water partition coefficient (Wildman–Crippen LogP) is 4.17. The normalized spacial score (nSPS) is 10.3. The zero-order valence-electron chi connectivity index (χ0n) is 13.6. The van der Waals surface area contributed by atoms with Crippen LogP contribution in [0, 0.1) is 0 Å². The second-order valence-corrected chi connectivity index (χ2v) is 5.37. The summed E-state index contributed by atoms with van der Waals surface area (Å²) in [5, 5.41) is 0. The molecule has 0 N–H and O–H groups in total. The number of unbranched alkanes of at least 4 members (excludes halogenated alkanes) is 3. The Balaban J connectivity index is 2.28. The standard InChI is InChI=1S/C18H26O4/c1-3-4-5-6-13-21-17-11-9-16(10-12-17)18(20)22-14-7-8-15(2)19/h9-12H,3-8,13-14H2,1-2H3. The van der Waals surface area contributed by atoms with E-state index in [1.54, 1.807) is 24.3 Å². The lowest BCUT2D eigenvalue weighted by molar-refractivity contribution is -0.117. The van der Waals surface area contributed by atoms with Crippen molar-refractivity contribution in [2.45, 2.75) is 52.4 Å². The SMILES string of the molecule is CCCCCCOc1ccc(C(=O)OCCCC(C)=O)cc1. The van der Waals surface area contributed by atoms with Crippen LogP contribution in [0.5, 0.6) is 5.75 Å². The van der Waals surface area contributed by atoms with Gasteiger partial charge in [-0.05, 0) is 44.0 Å². The number of Topliss-reactive ketones (excluding diaryl/α,β-unsaturated/α-hetero) is 1. The lowest BCUT2D eigenvalue weighted by Crippen LogP contribution is -2.07. The largest absolute Gasteiger partial charge is 0.494 e. The highest BCUT2D eigenvalue weighted by Crippen LogP contribution is 2.14. The molecule has 1 aromatic carbocycles. The average Bonchev–Trinajstić information content (AvgIpc) is 2.51. The second kappa shape index (κ2) is 10.8. The van der Waals surface area contributed by atoms with Gasteiger partial charge in [0.05, 0.1) is 18.8 Å². The van der Waals surface area contributed by atoms with Gasteiger partial charge in [0.25, 0.3) is 0 Å². The fourth-order valence-corrected chi connectivity index (χ4v) is 1.98. The van der Waals surface area contributed by atoms with Crippen LogP contribution in [-0.2, 0) is 9.53 Å². The Kier molecular flexibility index (Phi) is 8.96. The van der Waals surface area contributed by atoms with Crippen molar-refractivity contribution in [2.75, 3.05) is 13.2 Å². The maximum absolute atomic E-state index is 11.8. The van der Waals surface area contributed by atoms with Crippen molar-refractivity contribution in [3.05, 3.63) is 29.8 Å². The van der Waals surface area contributed by atoms with Crippen molar-refractivity contribution in [1.82, 2.24) is 0 Å². The molecule has 4 heteroatoms. The summed E-state index contributed by atoms with van der Waals surface area (Å²) in [6.07, 6.45) is 5.69. The summed E-state index contributed by atoms with van der Waals surface area (Å²) in [7, 11) is 0. The summed E-state index contributed by atoms with van der Waals surface area (Å²) in [5.41, 5.74) is 0.501. The van der Waals surface area contributed by atoms with Gasteiger partial charge in [-0.15, -0.1) is 0 Å². The molecular formula is C18H26O4. The molecule has 0 amide bonds. The van der Waals surface area contributed by atoms with E-state index in [9.17, 15) is 9.59 Å². The third kappa shape index (κ3) is 7.81. The summed E-state index contributed by atoms with van der Waals surface area (Å²) in [4.78, 5) is 22.6. The second-order valence-electron chi connectivity index (χ2n) is 5.37. The van der Waals surface area contributed by atoms with Crippen LogP contribution in [0.4, 0.5) is 0 Å². The van der Waals surface area contributed by atoms with Crippen LogP contribution in [0.25, 0.3) is 0 Å². The van der Waals surface area contributed by atoms with E-state index in [-0.39, 0.29) is 18.4 Å². The van der Waals surface area contributed by atoms with E-state index in [4.69, 9.17) is 9.47 Å². The van der Waals surface area contributed by atoms with Gasteiger partial charge in [-0.3, -0.25) is 0 Å². The van der Waals surface area contributed by atoms with Crippen LogP contribution < -0.4 is 4.74 Å². The quantitative estimate of drug-likeness (QED) is 0.455. The lowest BCUT2D eigenvalue weighted by Gasteiger charge is -2.07. The smallest absolute Gasteiger partial charge is 0.338 e. The highest BCUT2D eigenvalue weighted by Gasteiger charge is 2.07. The number of esters is 1. The van der Waals surface area contributed by atoms with Crippen LogP contribution >= 0.6 is 0 Å². The van der Waals surface area contributed by atoms with Gasteiger partial charge in [-0.2, -0.15) is 0 Å². The maximum atomic E-state index is 11.8. The van der Waals surface area contributed by atoms with Crippen LogP contribution in [-0.4, -0.2) is 25.0 Å². The number of carbonyl (C=O) groups is 2. The molecule has 0 aromatic heterocycles. The molecule has 0 unspecified atom stereocenters. The summed E-state index contributed by atoms with van der Waals surface area (Å²) in [6.45, 7) is 4.69. The van der Waals surface area contributed by atoms with Gasteiger partial charge in [-0.25, -0.2) is 4.79 Å². The number of benzene rings is 1. The highest BCUT2D eigenvalue weighted by molar-refractivity contribution is 5.89. The number of rotatable bonds is 11.